The van der Waals surface area contributed by atoms with Gasteiger partial charge < -0.3 is 25.5 Å². The summed E-state index contributed by atoms with van der Waals surface area (Å²) in [5.41, 5.74) is -3.64. The maximum atomic E-state index is 15.4. The maximum Gasteiger partial charge on any atom is 0.171 e. The fourth-order valence-corrected chi connectivity index (χ4v) is 40.7. The Hall–Kier alpha value is -6.64. The Kier molecular flexibility index (Phi) is 29.0. The summed E-state index contributed by atoms with van der Waals surface area (Å²) in [6, 6.07) is 0. The van der Waals surface area contributed by atoms with E-state index in [2.05, 4.69) is 96.3 Å². The van der Waals surface area contributed by atoms with E-state index in [9.17, 15) is 49.5 Å². The molecule has 5 N–H and O–H groups in total. The number of nitrogens with zero attached hydrogens (tertiary/aromatic N) is 17. The molecule has 0 spiro atoms. The van der Waals surface area contributed by atoms with E-state index in [1.165, 1.54) is 14.4 Å². The largest absolute Gasteiger partial charge is 0.390 e. The van der Waals surface area contributed by atoms with Crippen molar-refractivity contribution in [2.45, 2.75) is 432 Å². The summed E-state index contributed by atoms with van der Waals surface area (Å²) in [5, 5.41) is 100. The van der Waals surface area contributed by atoms with Crippen LogP contribution < -0.4 is 0 Å². The second kappa shape index (κ2) is 40.3. The average Bonchev–Trinajstić information content (AvgIpc) is 1.61. The van der Waals surface area contributed by atoms with Gasteiger partial charge in [0.2, 0.25) is 0 Å². The van der Waals surface area contributed by atoms with Crippen LogP contribution in [0, 0.1) is 218 Å². The van der Waals surface area contributed by atoms with Crippen molar-refractivity contribution in [1.29, 1.82) is 0 Å². The maximum absolute atomic E-state index is 15.4. The summed E-state index contributed by atoms with van der Waals surface area (Å²) >= 11 is 0. The Labute approximate surface area is 866 Å². The van der Waals surface area contributed by atoms with Gasteiger partial charge in [-0.15, -0.1) is 20.4 Å². The minimum absolute atomic E-state index is 0.00838. The molecule has 5 aromatic heterocycles. The molecule has 25 rings (SSSR count). The Balaban J connectivity index is 0.000000108. The fourth-order valence-electron chi connectivity index (χ4n) is 40.7. The van der Waals surface area contributed by atoms with Crippen molar-refractivity contribution in [3.8, 4) is 0 Å². The van der Waals surface area contributed by atoms with Crippen LogP contribution in [-0.4, -0.2) is 199 Å². The Morgan fingerprint density at radius 1 is 0.293 bits per heavy atom. The summed E-state index contributed by atoms with van der Waals surface area (Å²) in [7, 11) is 0. The van der Waals surface area contributed by atoms with Crippen LogP contribution in [0.2, 0.25) is 0 Å². The molecule has 0 bridgehead atoms. The highest BCUT2D eigenvalue weighted by Crippen LogP contribution is 2.73. The number of hydrogen-bond acceptors (Lipinski definition) is 22. The SMILES string of the molecule is C[C@@]1(O)CC[C@@H]2[C@H]3CC[C@]4(C)[C@@H](C(=O)Cn5ccnn5)CC[C@H]4[C@@H]3C[C@@H](F)[C@H]2C1.C[C@@]1(O)CC[C@@H]2[C@H]3CC[C@]4(C)[C@@H](C(=O)Cn5nccn5)CC[C@H]4[C@@H]3C[C@@H](F)[C@H]2C1.C[C@@]1(O)CC[C@@H]2[C@H]3CC[C@]4(C)[C@@H](C(=O)Cn5nccn5)CC[C@H]4[C@@H]3C[C@@H](F)[C@H]2C1.Cc1nnn(CC(=O)[C@H]2CC[C@H]3[C@@H]4C[C@@H](F)[C@H]5C[C@](C)(O)CC[C@@H]5[C@H]4CC[C@]23C)n1.Cc1nnnn1CC(=O)[C@H]1CC[C@H]2[C@@H]3C[C@@H](F)[C@H]4C[C@](C)(O)CC[C@@H]4[C@H]3CC[C@]12C. The van der Waals surface area contributed by atoms with Crippen molar-refractivity contribution in [2.24, 2.45) is 205 Å². The van der Waals surface area contributed by atoms with E-state index in [4.69, 9.17) is 0 Å². The molecule has 27 nitrogen and oxygen atoms in total. The van der Waals surface area contributed by atoms with E-state index in [-0.39, 0.29) is 141 Å². The zero-order valence-electron chi connectivity index (χ0n) is 89.8. The van der Waals surface area contributed by atoms with Gasteiger partial charge in [-0.25, -0.2) is 31.3 Å². The molecule has 20 aliphatic carbocycles. The predicted octanol–water partition coefficient (Wildman–Crippen LogP) is 18.5. The second-order valence-corrected chi connectivity index (χ2v) is 55.4. The summed E-state index contributed by atoms with van der Waals surface area (Å²) < 4.78 is 79.9. The molecule has 812 valence electrons. The van der Waals surface area contributed by atoms with Gasteiger partial charge in [0.05, 0.1) is 59.0 Å². The molecule has 0 radical (unpaired) electrons. The smallest absolute Gasteiger partial charge is 0.171 e. The van der Waals surface area contributed by atoms with Crippen LogP contribution in [0.25, 0.3) is 0 Å². The standard InChI is InChI=1S/2C23H35FN4O2.3C23H34FN3O2/c1-13-25-26-27-28(13)12-21(29)19-5-4-18-16-10-20(24)17-11-22(2,30)8-6-15(17)14(16)7-9-23(18,19)3;1-13-25-27-28(26-13)12-21(29)19-5-4-18-16-10-20(24)17-11-22(2,30)8-6-15(17)14(16)7-9-23(18,19)3;1-22(29)7-5-15-14-6-8-23(2)18(16(14)11-20(24)17(15)12-22)3-4-19(23)21(28)13-27-10-9-25-26-27;2*1-22(29)7-5-15-14-6-8-23(2)18(16(14)11-20(24)17(15)12-22)3-4-19(23)21(28)13-27-25-9-10-26-27/h2*14-20,30H,4-12H2,1-3H3;3*9-10,14-20,29H,3-8,11-13H2,1-2H3/t5*14-,15-,16-,17+,18+,19-,20-,22-,23+/m11111/s1. The lowest BCUT2D eigenvalue weighted by atomic mass is 9.48. The van der Waals surface area contributed by atoms with Crippen molar-refractivity contribution >= 4 is 28.9 Å². The third-order valence-corrected chi connectivity index (χ3v) is 47.4. The van der Waals surface area contributed by atoms with Gasteiger partial charge >= 0.3 is 0 Å². The molecule has 20 saturated carbocycles. The van der Waals surface area contributed by atoms with Crippen molar-refractivity contribution < 1.29 is 71.5 Å². The topological polar surface area (TPSA) is 366 Å². The molecule has 45 atom stereocenters. The zero-order valence-corrected chi connectivity index (χ0v) is 89.8. The van der Waals surface area contributed by atoms with Crippen LogP contribution in [-0.2, 0) is 56.7 Å². The first-order chi connectivity index (χ1) is 69.7. The molecular formula is C115H172F5N17O10. The minimum atomic E-state index is -0.817. The van der Waals surface area contributed by atoms with E-state index >= 15 is 22.0 Å². The quantitative estimate of drug-likeness (QED) is 0.0608. The van der Waals surface area contributed by atoms with Gasteiger partial charge in [0.25, 0.3) is 0 Å². The molecule has 0 aliphatic heterocycles. The minimum Gasteiger partial charge on any atom is -0.390 e. The number of fused-ring (bicyclic) bond motifs is 25. The van der Waals surface area contributed by atoms with Gasteiger partial charge in [-0.3, -0.25) is 24.0 Å². The number of hydrogen-bond donors (Lipinski definition) is 5. The van der Waals surface area contributed by atoms with E-state index in [1.807, 2.05) is 41.5 Å². The third kappa shape index (κ3) is 19.9. The van der Waals surface area contributed by atoms with Gasteiger partial charge in [0.15, 0.2) is 34.7 Å². The number of aliphatic hydroxyl groups is 5. The summed E-state index contributed by atoms with van der Waals surface area (Å²) in [6.07, 6.45) is 41.3. The summed E-state index contributed by atoms with van der Waals surface area (Å²) in [5.74, 6) is 11.8. The Bertz CT molecular complexity index is 5160. The lowest BCUT2D eigenvalue weighted by molar-refractivity contribution is -0.139. The van der Waals surface area contributed by atoms with E-state index in [1.54, 1.807) is 53.5 Å². The van der Waals surface area contributed by atoms with Crippen molar-refractivity contribution in [1.82, 2.24) is 85.4 Å². The van der Waals surface area contributed by atoms with Crippen LogP contribution in [0.3, 0.4) is 0 Å². The van der Waals surface area contributed by atoms with Gasteiger partial charge in [0.1, 0.15) is 69.4 Å². The highest BCUT2D eigenvalue weighted by atomic mass is 19.2. The number of tetrazole rings is 2. The number of aromatic nitrogens is 17. The number of carbonyl (C=O) groups is 5. The molecule has 20 aliphatic rings. The fraction of sp³-hybridized carbons (Fsp3) is 0.887. The predicted molar refractivity (Wildman–Crippen MR) is 538 cm³/mol. The van der Waals surface area contributed by atoms with Gasteiger partial charge in [-0.05, 0) is 496 Å². The number of carbonyl (C=O) groups excluding carboxylic acids is 5. The number of Topliss-reactive ketones (excluding diaryl/α,β-unsaturated/α-hetero) is 5. The zero-order chi connectivity index (χ0) is 104. The van der Waals surface area contributed by atoms with Crippen LogP contribution >= 0.6 is 0 Å². The van der Waals surface area contributed by atoms with Crippen LogP contribution in [0.1, 0.15) is 338 Å². The average molecular weight is 2050 g/mol. The lowest BCUT2D eigenvalue weighted by Gasteiger charge is -2.57. The van der Waals surface area contributed by atoms with Crippen molar-refractivity contribution in [2.75, 3.05) is 0 Å². The summed E-state index contributed by atoms with van der Waals surface area (Å²) in [4.78, 5) is 70.1. The number of halogens is 5. The number of rotatable bonds is 15. The Morgan fingerprint density at radius 2 is 0.544 bits per heavy atom. The van der Waals surface area contributed by atoms with E-state index in [0.29, 0.717) is 201 Å². The van der Waals surface area contributed by atoms with Crippen molar-refractivity contribution in [3.63, 3.8) is 0 Å². The molecule has 147 heavy (non-hydrogen) atoms. The molecule has 32 heteroatoms. The lowest BCUT2D eigenvalue weighted by Crippen LogP contribution is -2.54. The van der Waals surface area contributed by atoms with Crippen LogP contribution in [0.5, 0.6) is 0 Å². The van der Waals surface area contributed by atoms with Gasteiger partial charge in [0, 0.05) is 35.8 Å². The van der Waals surface area contributed by atoms with Crippen LogP contribution in [0.15, 0.2) is 37.2 Å². The first-order valence-electron chi connectivity index (χ1n) is 58.2. The van der Waals surface area contributed by atoms with E-state index in [0.717, 1.165) is 193 Å². The van der Waals surface area contributed by atoms with Crippen LogP contribution in [0.4, 0.5) is 22.0 Å². The summed E-state index contributed by atoms with van der Waals surface area (Å²) in [6.45, 7) is 25.7. The molecule has 20 fully saturated rings. The Morgan fingerprint density at radius 3 is 0.789 bits per heavy atom. The molecule has 0 aromatic carbocycles. The second-order valence-electron chi connectivity index (χ2n) is 55.4. The molecule has 5 heterocycles. The molecule has 0 saturated heterocycles. The molecule has 5 aromatic rings. The highest BCUT2D eigenvalue weighted by molar-refractivity contribution is 5.84. The first-order valence-corrected chi connectivity index (χ1v) is 58.2. The first kappa shape index (κ1) is 106. The number of alkyl halides is 5. The van der Waals surface area contributed by atoms with E-state index < -0.39 is 58.9 Å². The number of ketones is 5. The molecule has 0 amide bonds. The number of aryl methyl sites for hydroxylation is 2. The van der Waals surface area contributed by atoms with Gasteiger partial charge in [-0.2, -0.15) is 34.8 Å². The van der Waals surface area contributed by atoms with Crippen molar-refractivity contribution in [3.05, 3.63) is 48.8 Å². The van der Waals surface area contributed by atoms with Gasteiger partial charge in [-0.1, -0.05) is 39.8 Å². The molecule has 0 unspecified atom stereocenters. The third-order valence-electron chi connectivity index (χ3n) is 47.4. The molecular weight excluding hydrogens is 1870 g/mol. The monoisotopic (exact) mass is 2050 g/mol. The normalized spacial score (nSPS) is 48.7. The highest BCUT2D eigenvalue weighted by Gasteiger charge is 2.68.